The molecule has 0 fully saturated rings. The molecule has 0 saturated carbocycles. The molecule has 0 spiro atoms. The molecule has 0 aromatic heterocycles. The first-order valence-corrected chi connectivity index (χ1v) is 7.13. The first-order chi connectivity index (χ1) is 10.6. The molecule has 2 aromatic carbocycles. The van der Waals surface area contributed by atoms with Gasteiger partial charge in [-0.2, -0.15) is 0 Å². The van der Waals surface area contributed by atoms with Gasteiger partial charge < -0.3 is 14.6 Å². The molecule has 0 amide bonds. The minimum Gasteiger partial charge on any atom is -0.479 e. The second-order valence-corrected chi connectivity index (χ2v) is 5.29. The zero-order chi connectivity index (χ0) is 15.8. The maximum Gasteiger partial charge on any atom is 0.338 e. The standard InChI is InChI=1S/C18H20O4/c1-18(17(19)20,22-13-16-10-6-3-7-11-16)14-21-12-15-8-4-2-5-9-15/h2-11H,12-14H2,1H3,(H,19,20). The Hall–Kier alpha value is -2.17. The van der Waals surface area contributed by atoms with Gasteiger partial charge in [-0.1, -0.05) is 60.7 Å². The average Bonchev–Trinajstić information content (AvgIpc) is 2.55. The number of carboxylic acid groups (broad SMARTS) is 1. The fraction of sp³-hybridized carbons (Fsp3) is 0.278. The molecule has 2 rings (SSSR count). The molecule has 0 radical (unpaired) electrons. The quantitative estimate of drug-likeness (QED) is 0.813. The van der Waals surface area contributed by atoms with Crippen molar-refractivity contribution in [1.82, 2.24) is 0 Å². The van der Waals surface area contributed by atoms with Gasteiger partial charge in [-0.05, 0) is 18.1 Å². The van der Waals surface area contributed by atoms with Crippen molar-refractivity contribution >= 4 is 5.97 Å². The van der Waals surface area contributed by atoms with Gasteiger partial charge >= 0.3 is 5.97 Å². The van der Waals surface area contributed by atoms with E-state index in [9.17, 15) is 9.90 Å². The zero-order valence-corrected chi connectivity index (χ0v) is 12.6. The highest BCUT2D eigenvalue weighted by molar-refractivity contribution is 5.77. The van der Waals surface area contributed by atoms with Crippen LogP contribution < -0.4 is 0 Å². The number of hydrogen-bond donors (Lipinski definition) is 1. The van der Waals surface area contributed by atoms with Crippen LogP contribution in [0.4, 0.5) is 0 Å². The SMILES string of the molecule is CC(COCc1ccccc1)(OCc1ccccc1)C(=O)O. The van der Waals surface area contributed by atoms with Gasteiger partial charge in [0.05, 0.1) is 19.8 Å². The summed E-state index contributed by atoms with van der Waals surface area (Å²) in [5, 5.41) is 9.40. The van der Waals surface area contributed by atoms with Gasteiger partial charge in [0.1, 0.15) is 0 Å². The minimum atomic E-state index is -1.37. The maximum atomic E-state index is 11.5. The monoisotopic (exact) mass is 300 g/mol. The second-order valence-electron chi connectivity index (χ2n) is 5.29. The first kappa shape index (κ1) is 16.2. The molecule has 116 valence electrons. The van der Waals surface area contributed by atoms with Crippen molar-refractivity contribution in [1.29, 1.82) is 0 Å². The van der Waals surface area contributed by atoms with Crippen molar-refractivity contribution in [3.63, 3.8) is 0 Å². The Bertz CT molecular complexity index is 583. The van der Waals surface area contributed by atoms with E-state index in [4.69, 9.17) is 9.47 Å². The van der Waals surface area contributed by atoms with E-state index in [-0.39, 0.29) is 13.2 Å². The fourth-order valence-electron chi connectivity index (χ4n) is 1.92. The van der Waals surface area contributed by atoms with Crippen LogP contribution in [0.1, 0.15) is 18.1 Å². The van der Waals surface area contributed by atoms with Gasteiger partial charge in [-0.15, -0.1) is 0 Å². The number of ether oxygens (including phenoxy) is 2. The Labute approximate surface area is 130 Å². The molecule has 1 N–H and O–H groups in total. The topological polar surface area (TPSA) is 55.8 Å². The lowest BCUT2D eigenvalue weighted by Gasteiger charge is -2.25. The predicted molar refractivity (Wildman–Crippen MR) is 83.4 cm³/mol. The molecule has 0 saturated heterocycles. The summed E-state index contributed by atoms with van der Waals surface area (Å²) in [7, 11) is 0. The molecule has 0 bridgehead atoms. The summed E-state index contributed by atoms with van der Waals surface area (Å²) in [6.07, 6.45) is 0. The highest BCUT2D eigenvalue weighted by Crippen LogP contribution is 2.16. The molecule has 4 nitrogen and oxygen atoms in total. The van der Waals surface area contributed by atoms with E-state index in [1.807, 2.05) is 60.7 Å². The summed E-state index contributed by atoms with van der Waals surface area (Å²) in [5.41, 5.74) is 0.557. The molecule has 22 heavy (non-hydrogen) atoms. The molecule has 1 unspecified atom stereocenters. The van der Waals surface area contributed by atoms with Crippen LogP contribution in [0.25, 0.3) is 0 Å². The van der Waals surface area contributed by atoms with Crippen molar-refractivity contribution in [3.8, 4) is 0 Å². The van der Waals surface area contributed by atoms with Crippen molar-refractivity contribution < 1.29 is 19.4 Å². The zero-order valence-electron chi connectivity index (χ0n) is 12.6. The first-order valence-electron chi connectivity index (χ1n) is 7.13. The predicted octanol–water partition coefficient (Wildman–Crippen LogP) is 3.26. The summed E-state index contributed by atoms with van der Waals surface area (Å²) in [5.74, 6) is -1.03. The van der Waals surface area contributed by atoms with Crippen LogP contribution in [-0.4, -0.2) is 23.3 Å². The van der Waals surface area contributed by atoms with Gasteiger partial charge in [-0.3, -0.25) is 0 Å². The Balaban J connectivity index is 1.89. The summed E-state index contributed by atoms with van der Waals surface area (Å²) in [4.78, 5) is 11.5. The van der Waals surface area contributed by atoms with Crippen molar-refractivity contribution in [2.24, 2.45) is 0 Å². The summed E-state index contributed by atoms with van der Waals surface area (Å²) in [6, 6.07) is 19.1. The largest absolute Gasteiger partial charge is 0.479 e. The third kappa shape index (κ3) is 4.69. The summed E-state index contributed by atoms with van der Waals surface area (Å²) < 4.78 is 11.1. The molecule has 0 heterocycles. The van der Waals surface area contributed by atoms with Gasteiger partial charge in [-0.25, -0.2) is 4.79 Å². The maximum absolute atomic E-state index is 11.5. The lowest BCUT2D eigenvalue weighted by atomic mass is 10.1. The Kier molecular flexibility index (Phi) is 5.69. The molecular formula is C18H20O4. The smallest absolute Gasteiger partial charge is 0.338 e. The number of carbonyl (C=O) groups is 1. The number of aliphatic carboxylic acids is 1. The van der Waals surface area contributed by atoms with E-state index in [0.717, 1.165) is 11.1 Å². The van der Waals surface area contributed by atoms with Crippen LogP contribution in [0.15, 0.2) is 60.7 Å². The molecule has 0 aliphatic rings. The van der Waals surface area contributed by atoms with Crippen LogP contribution in [-0.2, 0) is 27.5 Å². The van der Waals surface area contributed by atoms with Crippen LogP contribution in [0.3, 0.4) is 0 Å². The van der Waals surface area contributed by atoms with Crippen LogP contribution in [0.2, 0.25) is 0 Å². The van der Waals surface area contributed by atoms with Gasteiger partial charge in [0.25, 0.3) is 0 Å². The van der Waals surface area contributed by atoms with Gasteiger partial charge in [0.2, 0.25) is 0 Å². The molecular weight excluding hydrogens is 280 g/mol. The lowest BCUT2D eigenvalue weighted by molar-refractivity contribution is -0.174. The van der Waals surface area contributed by atoms with E-state index in [2.05, 4.69) is 0 Å². The molecule has 4 heteroatoms. The third-order valence-corrected chi connectivity index (χ3v) is 3.34. The summed E-state index contributed by atoms with van der Waals surface area (Å²) in [6.45, 7) is 2.12. The highest BCUT2D eigenvalue weighted by Gasteiger charge is 2.34. The Morgan fingerprint density at radius 2 is 1.45 bits per heavy atom. The Morgan fingerprint density at radius 1 is 0.955 bits per heavy atom. The van der Waals surface area contributed by atoms with Crippen LogP contribution in [0.5, 0.6) is 0 Å². The third-order valence-electron chi connectivity index (χ3n) is 3.34. The summed E-state index contributed by atoms with van der Waals surface area (Å²) >= 11 is 0. The molecule has 0 aliphatic heterocycles. The van der Waals surface area contributed by atoms with Crippen molar-refractivity contribution in [3.05, 3.63) is 71.8 Å². The normalized spacial score (nSPS) is 13.5. The average molecular weight is 300 g/mol. The number of rotatable bonds is 8. The molecule has 1 atom stereocenters. The van der Waals surface area contributed by atoms with Crippen molar-refractivity contribution in [2.75, 3.05) is 6.61 Å². The lowest BCUT2D eigenvalue weighted by Crippen LogP contribution is -2.42. The van der Waals surface area contributed by atoms with E-state index in [1.54, 1.807) is 0 Å². The van der Waals surface area contributed by atoms with Crippen molar-refractivity contribution in [2.45, 2.75) is 25.7 Å². The number of benzene rings is 2. The molecule has 2 aromatic rings. The minimum absolute atomic E-state index is 0.00986. The van der Waals surface area contributed by atoms with Gasteiger partial charge in [0.15, 0.2) is 5.60 Å². The number of carboxylic acids is 1. The second kappa shape index (κ2) is 7.73. The Morgan fingerprint density at radius 3 is 1.95 bits per heavy atom. The van der Waals surface area contributed by atoms with E-state index in [1.165, 1.54) is 6.92 Å². The molecule has 0 aliphatic carbocycles. The van der Waals surface area contributed by atoms with Gasteiger partial charge in [0, 0.05) is 0 Å². The highest BCUT2D eigenvalue weighted by atomic mass is 16.6. The van der Waals surface area contributed by atoms with E-state index < -0.39 is 11.6 Å². The van der Waals surface area contributed by atoms with Crippen LogP contribution in [0, 0.1) is 0 Å². The van der Waals surface area contributed by atoms with Crippen LogP contribution >= 0.6 is 0 Å². The number of hydrogen-bond acceptors (Lipinski definition) is 3. The fourth-order valence-corrected chi connectivity index (χ4v) is 1.92. The van der Waals surface area contributed by atoms with E-state index in [0.29, 0.717) is 6.61 Å². The van der Waals surface area contributed by atoms with E-state index >= 15 is 0 Å².